The number of rotatable bonds is 3. The van der Waals surface area contributed by atoms with Gasteiger partial charge in [-0.2, -0.15) is 0 Å². The number of hydrogen-bond acceptors (Lipinski definition) is 3. The number of pyridine rings is 1. The van der Waals surface area contributed by atoms with Gasteiger partial charge < -0.3 is 5.32 Å². The van der Waals surface area contributed by atoms with Crippen molar-refractivity contribution in [2.24, 2.45) is 0 Å². The molecule has 1 unspecified atom stereocenters. The summed E-state index contributed by atoms with van der Waals surface area (Å²) in [6.07, 6.45) is 6.32. The Morgan fingerprint density at radius 1 is 1.44 bits per heavy atom. The van der Waals surface area contributed by atoms with Crippen molar-refractivity contribution < 1.29 is 0 Å². The Kier molecular flexibility index (Phi) is 3.91. The van der Waals surface area contributed by atoms with E-state index >= 15 is 0 Å². The summed E-state index contributed by atoms with van der Waals surface area (Å²) in [5.41, 5.74) is 1.32. The highest BCUT2D eigenvalue weighted by molar-refractivity contribution is 5.13. The van der Waals surface area contributed by atoms with Gasteiger partial charge in [0.1, 0.15) is 0 Å². The van der Waals surface area contributed by atoms with E-state index in [1.807, 2.05) is 18.5 Å². The second-order valence-corrected chi connectivity index (χ2v) is 4.56. The molecule has 0 amide bonds. The van der Waals surface area contributed by atoms with Crippen LogP contribution >= 0.6 is 0 Å². The normalized spacial score (nSPS) is 20.9. The predicted molar refractivity (Wildman–Crippen MR) is 66.3 cm³/mol. The molecule has 88 valence electrons. The molecule has 1 fully saturated rings. The monoisotopic (exact) mass is 219 g/mol. The van der Waals surface area contributed by atoms with Crippen molar-refractivity contribution in [2.75, 3.05) is 20.1 Å². The van der Waals surface area contributed by atoms with Gasteiger partial charge in [-0.1, -0.05) is 6.07 Å². The third-order valence-corrected chi connectivity index (χ3v) is 3.65. The zero-order chi connectivity index (χ0) is 11.4. The molecule has 0 bridgehead atoms. The van der Waals surface area contributed by atoms with E-state index in [1.54, 1.807) is 0 Å². The van der Waals surface area contributed by atoms with Crippen LogP contribution in [-0.2, 0) is 0 Å². The minimum Gasteiger partial charge on any atom is -0.317 e. The SMILES string of the molecule is CNC1CCN(C(C)c2cccnc2)CC1. The van der Waals surface area contributed by atoms with E-state index in [-0.39, 0.29) is 0 Å². The van der Waals surface area contributed by atoms with E-state index in [9.17, 15) is 0 Å². The van der Waals surface area contributed by atoms with Crippen molar-refractivity contribution in [2.45, 2.75) is 31.8 Å². The van der Waals surface area contributed by atoms with Gasteiger partial charge >= 0.3 is 0 Å². The number of hydrogen-bond donors (Lipinski definition) is 1. The highest BCUT2D eigenvalue weighted by Gasteiger charge is 2.22. The molecule has 0 aromatic carbocycles. The summed E-state index contributed by atoms with van der Waals surface area (Å²) in [6.45, 7) is 4.64. The zero-order valence-corrected chi connectivity index (χ0v) is 10.2. The highest BCUT2D eigenvalue weighted by Crippen LogP contribution is 2.23. The molecule has 3 heteroatoms. The van der Waals surface area contributed by atoms with Crippen LogP contribution in [0.25, 0.3) is 0 Å². The fourth-order valence-corrected chi connectivity index (χ4v) is 2.41. The van der Waals surface area contributed by atoms with Gasteiger partial charge in [-0.15, -0.1) is 0 Å². The summed E-state index contributed by atoms with van der Waals surface area (Å²) >= 11 is 0. The molecule has 2 heterocycles. The second kappa shape index (κ2) is 5.41. The van der Waals surface area contributed by atoms with Crippen molar-refractivity contribution in [1.29, 1.82) is 0 Å². The lowest BCUT2D eigenvalue weighted by Gasteiger charge is -2.36. The lowest BCUT2D eigenvalue weighted by molar-refractivity contribution is 0.155. The number of nitrogens with zero attached hydrogens (tertiary/aromatic N) is 2. The van der Waals surface area contributed by atoms with E-state index < -0.39 is 0 Å². The zero-order valence-electron chi connectivity index (χ0n) is 10.2. The van der Waals surface area contributed by atoms with E-state index in [2.05, 4.69) is 35.2 Å². The summed E-state index contributed by atoms with van der Waals surface area (Å²) in [5, 5.41) is 3.36. The molecule has 1 aliphatic rings. The Bertz CT molecular complexity index is 304. The van der Waals surface area contributed by atoms with Crippen LogP contribution in [0.1, 0.15) is 31.4 Å². The molecule has 16 heavy (non-hydrogen) atoms. The van der Waals surface area contributed by atoms with Gasteiger partial charge in [0.2, 0.25) is 0 Å². The van der Waals surface area contributed by atoms with E-state index in [0.717, 1.165) is 0 Å². The lowest BCUT2D eigenvalue weighted by Crippen LogP contribution is -2.42. The van der Waals surface area contributed by atoms with E-state index in [0.29, 0.717) is 12.1 Å². The molecular formula is C13H21N3. The molecule has 0 spiro atoms. The van der Waals surface area contributed by atoms with Gasteiger partial charge in [-0.25, -0.2) is 0 Å². The molecule has 3 nitrogen and oxygen atoms in total. The van der Waals surface area contributed by atoms with Gasteiger partial charge in [0.15, 0.2) is 0 Å². The maximum Gasteiger partial charge on any atom is 0.0335 e. The number of likely N-dealkylation sites (tertiary alicyclic amines) is 1. The molecule has 0 aliphatic carbocycles. The van der Waals surface area contributed by atoms with E-state index in [4.69, 9.17) is 0 Å². The van der Waals surface area contributed by atoms with Crippen molar-refractivity contribution >= 4 is 0 Å². The van der Waals surface area contributed by atoms with Crippen LogP contribution in [0.15, 0.2) is 24.5 Å². The minimum absolute atomic E-state index is 0.492. The lowest BCUT2D eigenvalue weighted by atomic mass is 10.0. The van der Waals surface area contributed by atoms with Crippen molar-refractivity contribution in [3.8, 4) is 0 Å². The summed E-state index contributed by atoms with van der Waals surface area (Å²) in [6, 6.07) is 5.39. The Labute approximate surface area is 97.9 Å². The smallest absolute Gasteiger partial charge is 0.0335 e. The van der Waals surface area contributed by atoms with Crippen molar-refractivity contribution in [3.63, 3.8) is 0 Å². The summed E-state index contributed by atoms with van der Waals surface area (Å²) in [4.78, 5) is 6.74. The molecule has 1 saturated heterocycles. The number of piperidine rings is 1. The minimum atomic E-state index is 0.492. The van der Waals surface area contributed by atoms with Crippen LogP contribution in [0, 0.1) is 0 Å². The first kappa shape index (κ1) is 11.6. The fourth-order valence-electron chi connectivity index (χ4n) is 2.41. The second-order valence-electron chi connectivity index (χ2n) is 4.56. The van der Waals surface area contributed by atoms with Crippen LogP contribution in [0.3, 0.4) is 0 Å². The Hall–Kier alpha value is -0.930. The standard InChI is InChI=1S/C13H21N3/c1-11(12-4-3-7-15-10-12)16-8-5-13(14-2)6-9-16/h3-4,7,10-11,13-14H,5-6,8-9H2,1-2H3. The summed E-state index contributed by atoms with van der Waals surface area (Å²) in [7, 11) is 2.06. The van der Waals surface area contributed by atoms with Gasteiger partial charge in [0.25, 0.3) is 0 Å². The molecular weight excluding hydrogens is 198 g/mol. The number of nitrogens with one attached hydrogen (secondary N) is 1. The van der Waals surface area contributed by atoms with Gasteiger partial charge in [0.05, 0.1) is 0 Å². The molecule has 1 aliphatic heterocycles. The Morgan fingerprint density at radius 3 is 2.75 bits per heavy atom. The molecule has 0 radical (unpaired) electrons. The highest BCUT2D eigenvalue weighted by atomic mass is 15.2. The van der Waals surface area contributed by atoms with Crippen LogP contribution in [0.5, 0.6) is 0 Å². The van der Waals surface area contributed by atoms with Crippen molar-refractivity contribution in [1.82, 2.24) is 15.2 Å². The molecule has 1 aromatic rings. The summed E-state index contributed by atoms with van der Waals surface area (Å²) in [5.74, 6) is 0. The van der Waals surface area contributed by atoms with Gasteiger partial charge in [0, 0.05) is 37.6 Å². The maximum atomic E-state index is 4.19. The maximum absolute atomic E-state index is 4.19. The topological polar surface area (TPSA) is 28.2 Å². The quantitative estimate of drug-likeness (QED) is 0.840. The average Bonchev–Trinajstić information content (AvgIpc) is 2.39. The van der Waals surface area contributed by atoms with Gasteiger partial charge in [-0.3, -0.25) is 9.88 Å². The third kappa shape index (κ3) is 2.60. The summed E-state index contributed by atoms with van der Waals surface area (Å²) < 4.78 is 0. The molecule has 1 atom stereocenters. The van der Waals surface area contributed by atoms with Crippen molar-refractivity contribution in [3.05, 3.63) is 30.1 Å². The third-order valence-electron chi connectivity index (χ3n) is 3.65. The average molecular weight is 219 g/mol. The molecule has 1 N–H and O–H groups in total. The Morgan fingerprint density at radius 2 is 2.19 bits per heavy atom. The molecule has 0 saturated carbocycles. The fraction of sp³-hybridized carbons (Fsp3) is 0.615. The molecule has 1 aromatic heterocycles. The first-order valence-corrected chi connectivity index (χ1v) is 6.12. The first-order chi connectivity index (χ1) is 7.81. The number of aromatic nitrogens is 1. The van der Waals surface area contributed by atoms with Crippen LogP contribution in [0.2, 0.25) is 0 Å². The van der Waals surface area contributed by atoms with E-state index in [1.165, 1.54) is 31.5 Å². The van der Waals surface area contributed by atoms with Crippen LogP contribution < -0.4 is 5.32 Å². The largest absolute Gasteiger partial charge is 0.317 e. The predicted octanol–water partition coefficient (Wildman–Crippen LogP) is 1.83. The van der Waals surface area contributed by atoms with Gasteiger partial charge in [-0.05, 0) is 38.4 Å². The first-order valence-electron chi connectivity index (χ1n) is 6.12. The van der Waals surface area contributed by atoms with Crippen LogP contribution in [0.4, 0.5) is 0 Å². The molecule has 2 rings (SSSR count). The Balaban J connectivity index is 1.94. The van der Waals surface area contributed by atoms with Crippen LogP contribution in [-0.4, -0.2) is 36.1 Å².